The Kier molecular flexibility index (Phi) is 8.46. The summed E-state index contributed by atoms with van der Waals surface area (Å²) in [7, 11) is 1.39. The summed E-state index contributed by atoms with van der Waals surface area (Å²) < 4.78 is 17.4. The van der Waals surface area contributed by atoms with E-state index < -0.39 is 12.0 Å². The van der Waals surface area contributed by atoms with Gasteiger partial charge in [-0.3, -0.25) is 14.5 Å². The van der Waals surface area contributed by atoms with Gasteiger partial charge in [0.1, 0.15) is 12.0 Å². The molecular weight excluding hydrogens is 430 g/mol. The molecule has 0 bridgehead atoms. The third kappa shape index (κ3) is 5.33. The van der Waals surface area contributed by atoms with Crippen molar-refractivity contribution in [2.45, 2.75) is 104 Å². The first-order chi connectivity index (χ1) is 16.0. The van der Waals surface area contributed by atoms with Gasteiger partial charge in [0.25, 0.3) is 0 Å². The van der Waals surface area contributed by atoms with Crippen LogP contribution in [0.5, 0.6) is 0 Å². The molecule has 6 heteroatoms. The molecule has 0 amide bonds. The highest BCUT2D eigenvalue weighted by atomic mass is 16.6. The molecule has 0 radical (unpaired) electrons. The van der Waals surface area contributed by atoms with Gasteiger partial charge >= 0.3 is 11.9 Å². The first-order valence-corrected chi connectivity index (χ1v) is 12.8. The predicted octanol–water partition coefficient (Wildman–Crippen LogP) is 5.31. The summed E-state index contributed by atoms with van der Waals surface area (Å²) in [6, 6.07) is 4.54. The highest BCUT2D eigenvalue weighted by Crippen LogP contribution is 2.42. The normalized spacial score (nSPS) is 25.8. The van der Waals surface area contributed by atoms with E-state index in [-0.39, 0.29) is 30.2 Å². The van der Waals surface area contributed by atoms with E-state index in [1.54, 1.807) is 0 Å². The van der Waals surface area contributed by atoms with Gasteiger partial charge in [0.2, 0.25) is 0 Å². The van der Waals surface area contributed by atoms with Crippen LogP contribution in [0.1, 0.15) is 108 Å². The second kappa shape index (κ2) is 10.8. The monoisotopic (exact) mass is 473 g/mol. The lowest BCUT2D eigenvalue weighted by atomic mass is 9.82. The average molecular weight is 474 g/mol. The summed E-state index contributed by atoms with van der Waals surface area (Å²) in [5.41, 5.74) is 5.31. The van der Waals surface area contributed by atoms with Crippen molar-refractivity contribution >= 4 is 11.9 Å². The molecule has 0 aromatic heterocycles. The molecule has 0 aliphatic carbocycles. The van der Waals surface area contributed by atoms with E-state index in [0.717, 1.165) is 13.0 Å². The zero-order valence-corrected chi connectivity index (χ0v) is 22.4. The van der Waals surface area contributed by atoms with Gasteiger partial charge in [-0.25, -0.2) is 0 Å². The Morgan fingerprint density at radius 1 is 0.941 bits per heavy atom. The zero-order valence-electron chi connectivity index (χ0n) is 22.4. The largest absolute Gasteiger partial charge is 0.469 e. The van der Waals surface area contributed by atoms with Crippen molar-refractivity contribution in [2.75, 3.05) is 20.2 Å². The summed E-state index contributed by atoms with van der Waals surface area (Å²) in [4.78, 5) is 26.6. The molecule has 0 spiro atoms. The maximum Gasteiger partial charge on any atom is 0.314 e. The van der Waals surface area contributed by atoms with Crippen LogP contribution in [0.4, 0.5) is 0 Å². The van der Waals surface area contributed by atoms with Gasteiger partial charge in [-0.05, 0) is 53.4 Å². The van der Waals surface area contributed by atoms with Crippen molar-refractivity contribution in [1.82, 2.24) is 4.90 Å². The lowest BCUT2D eigenvalue weighted by molar-refractivity contribution is -0.158. The molecule has 3 rings (SSSR count). The van der Waals surface area contributed by atoms with Gasteiger partial charge in [0, 0.05) is 20.0 Å². The molecule has 2 heterocycles. The quantitative estimate of drug-likeness (QED) is 0.477. The molecule has 1 aromatic carbocycles. The van der Waals surface area contributed by atoms with Gasteiger partial charge in [0.15, 0.2) is 0 Å². The number of hydrogen-bond donors (Lipinski definition) is 0. The Bertz CT molecular complexity index is 864. The zero-order chi connectivity index (χ0) is 25.3. The minimum atomic E-state index is -0.536. The van der Waals surface area contributed by atoms with Gasteiger partial charge in [0.05, 0.1) is 25.4 Å². The molecular formula is C28H43NO5. The molecule has 6 nitrogen and oxygen atoms in total. The number of rotatable bonds is 8. The van der Waals surface area contributed by atoms with E-state index >= 15 is 0 Å². The van der Waals surface area contributed by atoms with Gasteiger partial charge in [-0.2, -0.15) is 0 Å². The van der Waals surface area contributed by atoms with Crippen LogP contribution in [0.15, 0.2) is 12.1 Å². The van der Waals surface area contributed by atoms with Crippen LogP contribution in [-0.4, -0.2) is 55.3 Å². The van der Waals surface area contributed by atoms with Crippen molar-refractivity contribution in [3.8, 4) is 0 Å². The van der Waals surface area contributed by atoms with Crippen LogP contribution in [0.25, 0.3) is 0 Å². The second-order valence-corrected chi connectivity index (χ2v) is 10.9. The number of nitrogens with zero attached hydrogens (tertiary/aromatic N) is 1. The van der Waals surface area contributed by atoms with E-state index in [4.69, 9.17) is 14.2 Å². The number of ether oxygens (including phenoxy) is 3. The van der Waals surface area contributed by atoms with Gasteiger partial charge < -0.3 is 14.2 Å². The second-order valence-electron chi connectivity index (χ2n) is 10.9. The summed E-state index contributed by atoms with van der Waals surface area (Å²) >= 11 is 0. The fourth-order valence-corrected chi connectivity index (χ4v) is 5.79. The fraction of sp³-hybridized carbons (Fsp3) is 0.714. The van der Waals surface area contributed by atoms with Crippen molar-refractivity contribution in [1.29, 1.82) is 0 Å². The SMILES string of the molecule is COC(=O)C1C(OC(C)=O)CN2CC[C@@H](O[C@@H](C)c3c(C(C)C)cc(C(C)C)cc3C(C)C)[C@@H]12. The predicted molar refractivity (Wildman–Crippen MR) is 133 cm³/mol. The Labute approximate surface area is 205 Å². The van der Waals surface area contributed by atoms with Gasteiger partial charge in [-0.1, -0.05) is 53.7 Å². The molecule has 2 aliphatic rings. The highest BCUT2D eigenvalue weighted by Gasteiger charge is 2.55. The average Bonchev–Trinajstić information content (AvgIpc) is 3.30. The van der Waals surface area contributed by atoms with E-state index in [0.29, 0.717) is 24.3 Å². The summed E-state index contributed by atoms with van der Waals surface area (Å²) in [6.07, 6.45) is 0.0869. The summed E-state index contributed by atoms with van der Waals surface area (Å²) in [5.74, 6) is -0.0413. The molecule has 0 N–H and O–H groups in total. The number of methoxy groups -OCH3 is 1. The van der Waals surface area contributed by atoms with E-state index in [1.807, 2.05) is 0 Å². The first kappa shape index (κ1) is 26.7. The maximum atomic E-state index is 12.7. The molecule has 0 saturated carbocycles. The fourth-order valence-electron chi connectivity index (χ4n) is 5.79. The van der Waals surface area contributed by atoms with Crippen LogP contribution in [0.3, 0.4) is 0 Å². The molecule has 34 heavy (non-hydrogen) atoms. The van der Waals surface area contributed by atoms with Crippen LogP contribution in [-0.2, 0) is 23.8 Å². The Hall–Kier alpha value is -1.92. The Balaban J connectivity index is 1.94. The topological polar surface area (TPSA) is 65.1 Å². The van der Waals surface area contributed by atoms with Crippen LogP contribution in [0, 0.1) is 5.92 Å². The molecule has 2 aliphatic heterocycles. The van der Waals surface area contributed by atoms with E-state index in [2.05, 4.69) is 65.5 Å². The van der Waals surface area contributed by atoms with Crippen molar-refractivity contribution in [3.05, 3.63) is 34.4 Å². The Morgan fingerprint density at radius 2 is 1.53 bits per heavy atom. The van der Waals surface area contributed by atoms with E-state index in [9.17, 15) is 9.59 Å². The number of carbonyl (C=O) groups is 2. The number of carbonyl (C=O) groups excluding carboxylic acids is 2. The maximum absolute atomic E-state index is 12.7. The van der Waals surface area contributed by atoms with Crippen molar-refractivity contribution in [2.24, 2.45) is 5.92 Å². The van der Waals surface area contributed by atoms with Crippen molar-refractivity contribution in [3.63, 3.8) is 0 Å². The minimum absolute atomic E-state index is 0.118. The molecule has 5 atom stereocenters. The molecule has 190 valence electrons. The smallest absolute Gasteiger partial charge is 0.314 e. The summed E-state index contributed by atoms with van der Waals surface area (Å²) in [6.45, 7) is 18.3. The number of benzene rings is 1. The van der Waals surface area contributed by atoms with Gasteiger partial charge in [-0.15, -0.1) is 0 Å². The third-order valence-corrected chi connectivity index (χ3v) is 7.44. The summed E-state index contributed by atoms with van der Waals surface area (Å²) in [5, 5.41) is 0. The number of fused-ring (bicyclic) bond motifs is 1. The molecule has 1 aromatic rings. The third-order valence-electron chi connectivity index (χ3n) is 7.44. The Morgan fingerprint density at radius 3 is 2.00 bits per heavy atom. The molecule has 2 saturated heterocycles. The van der Waals surface area contributed by atoms with Crippen LogP contribution >= 0.6 is 0 Å². The van der Waals surface area contributed by atoms with Crippen LogP contribution < -0.4 is 0 Å². The molecule has 2 fully saturated rings. The highest BCUT2D eigenvalue weighted by molar-refractivity contribution is 5.76. The van der Waals surface area contributed by atoms with Crippen molar-refractivity contribution < 1.29 is 23.8 Å². The lowest BCUT2D eigenvalue weighted by Crippen LogP contribution is -2.42. The molecule has 2 unspecified atom stereocenters. The van der Waals surface area contributed by atoms with E-state index in [1.165, 1.54) is 36.3 Å². The number of esters is 2. The number of hydrogen-bond acceptors (Lipinski definition) is 6. The first-order valence-electron chi connectivity index (χ1n) is 12.8. The standard InChI is InChI=1S/C28H43NO5/c1-15(2)20-12-21(16(3)4)25(22(13-20)17(5)6)18(7)33-23-10-11-29-14-24(34-19(8)30)26(27(23)29)28(31)32-9/h12-13,15-18,23-24,26-27H,10-11,14H2,1-9H3/t18-,23+,24?,26?,27-/m0/s1. The minimum Gasteiger partial charge on any atom is -0.469 e. The van der Waals surface area contributed by atoms with Crippen LogP contribution in [0.2, 0.25) is 0 Å². The lowest BCUT2D eigenvalue weighted by Gasteiger charge is -2.31.